The number of amides is 1. The standard InChI is InChI=1S/C22H18N4O3S/c1-14(27)25-19-7-5-18(6-8-19)24-12-17(11-23)22-26-21(13-30-22)16-3-9-20(10-4-16)29-15(2)28/h3-10,12-13,24H,1-2H3,(H,25,27). The Kier molecular flexibility index (Phi) is 6.57. The molecule has 3 rings (SSSR count). The van der Waals surface area contributed by atoms with Crippen LogP contribution in [0.3, 0.4) is 0 Å². The van der Waals surface area contributed by atoms with E-state index in [-0.39, 0.29) is 11.9 Å². The monoisotopic (exact) mass is 418 g/mol. The van der Waals surface area contributed by atoms with E-state index in [4.69, 9.17) is 4.74 Å². The van der Waals surface area contributed by atoms with Crippen molar-refractivity contribution in [2.45, 2.75) is 13.8 Å². The molecule has 0 aliphatic heterocycles. The fourth-order valence-corrected chi connectivity index (χ4v) is 3.33. The van der Waals surface area contributed by atoms with Crippen LogP contribution >= 0.6 is 11.3 Å². The van der Waals surface area contributed by atoms with E-state index in [9.17, 15) is 14.9 Å². The summed E-state index contributed by atoms with van der Waals surface area (Å²) in [7, 11) is 0. The zero-order chi connectivity index (χ0) is 21.5. The first kappa shape index (κ1) is 20.8. The van der Waals surface area contributed by atoms with Gasteiger partial charge in [-0.3, -0.25) is 9.59 Å². The number of nitrogens with zero attached hydrogens (tertiary/aromatic N) is 2. The number of benzene rings is 2. The minimum atomic E-state index is -0.375. The third-order valence-electron chi connectivity index (χ3n) is 3.86. The molecule has 30 heavy (non-hydrogen) atoms. The van der Waals surface area contributed by atoms with Gasteiger partial charge in [0.15, 0.2) is 0 Å². The minimum Gasteiger partial charge on any atom is -0.427 e. The van der Waals surface area contributed by atoms with Gasteiger partial charge in [-0.2, -0.15) is 5.26 Å². The summed E-state index contributed by atoms with van der Waals surface area (Å²) in [4.78, 5) is 26.6. The smallest absolute Gasteiger partial charge is 0.308 e. The van der Waals surface area contributed by atoms with Gasteiger partial charge in [0.1, 0.15) is 22.4 Å². The van der Waals surface area contributed by atoms with Crippen LogP contribution in [0.4, 0.5) is 11.4 Å². The number of thiazole rings is 1. The summed E-state index contributed by atoms with van der Waals surface area (Å²) in [6.07, 6.45) is 1.60. The molecule has 7 nitrogen and oxygen atoms in total. The molecule has 0 radical (unpaired) electrons. The summed E-state index contributed by atoms with van der Waals surface area (Å²) < 4.78 is 5.03. The maximum atomic E-state index is 11.1. The molecule has 2 N–H and O–H groups in total. The lowest BCUT2D eigenvalue weighted by atomic mass is 10.2. The Balaban J connectivity index is 1.71. The Morgan fingerprint density at radius 1 is 1.07 bits per heavy atom. The van der Waals surface area contributed by atoms with E-state index in [1.54, 1.807) is 42.6 Å². The number of allylic oxidation sites excluding steroid dienone is 1. The van der Waals surface area contributed by atoms with Crippen LogP contribution in [0.15, 0.2) is 60.1 Å². The highest BCUT2D eigenvalue weighted by molar-refractivity contribution is 7.11. The van der Waals surface area contributed by atoms with Gasteiger partial charge in [0.05, 0.1) is 5.69 Å². The molecule has 1 heterocycles. The Bertz CT molecular complexity index is 1130. The molecule has 8 heteroatoms. The molecule has 0 saturated heterocycles. The van der Waals surface area contributed by atoms with Crippen LogP contribution in [-0.2, 0) is 9.59 Å². The number of carbonyl (C=O) groups excluding carboxylic acids is 2. The van der Waals surface area contributed by atoms with Gasteiger partial charge in [0.2, 0.25) is 5.91 Å². The van der Waals surface area contributed by atoms with E-state index in [0.717, 1.165) is 16.9 Å². The predicted octanol–water partition coefficient (Wildman–Crippen LogP) is 4.67. The molecule has 0 atom stereocenters. The number of esters is 1. The number of rotatable bonds is 6. The normalized spacial score (nSPS) is 10.8. The van der Waals surface area contributed by atoms with E-state index >= 15 is 0 Å². The van der Waals surface area contributed by atoms with Crippen molar-refractivity contribution in [3.05, 3.63) is 65.1 Å². The summed E-state index contributed by atoms with van der Waals surface area (Å²) in [5, 5.41) is 17.7. The van der Waals surface area contributed by atoms with E-state index < -0.39 is 0 Å². The highest BCUT2D eigenvalue weighted by atomic mass is 32.1. The summed E-state index contributed by atoms with van der Waals surface area (Å²) in [5.41, 5.74) is 3.45. The first-order valence-electron chi connectivity index (χ1n) is 8.94. The summed E-state index contributed by atoms with van der Waals surface area (Å²) >= 11 is 1.36. The van der Waals surface area contributed by atoms with E-state index in [1.807, 2.05) is 17.5 Å². The minimum absolute atomic E-state index is 0.136. The highest BCUT2D eigenvalue weighted by Crippen LogP contribution is 2.27. The number of ether oxygens (including phenoxy) is 1. The fraction of sp³-hybridized carbons (Fsp3) is 0.0909. The van der Waals surface area contributed by atoms with Gasteiger partial charge >= 0.3 is 5.97 Å². The quantitative estimate of drug-likeness (QED) is 0.342. The largest absolute Gasteiger partial charge is 0.427 e. The second-order valence-electron chi connectivity index (χ2n) is 6.23. The average molecular weight is 418 g/mol. The lowest BCUT2D eigenvalue weighted by molar-refractivity contribution is -0.131. The van der Waals surface area contributed by atoms with Crippen LogP contribution in [0, 0.1) is 11.3 Å². The first-order valence-corrected chi connectivity index (χ1v) is 9.82. The number of aromatic nitrogens is 1. The number of carbonyl (C=O) groups is 2. The molecular formula is C22H18N4O3S. The van der Waals surface area contributed by atoms with Crippen molar-refractivity contribution in [2.24, 2.45) is 0 Å². The van der Waals surface area contributed by atoms with Crippen molar-refractivity contribution in [1.82, 2.24) is 4.98 Å². The third kappa shape index (κ3) is 5.53. The van der Waals surface area contributed by atoms with Crippen LogP contribution in [-0.4, -0.2) is 16.9 Å². The molecule has 0 bridgehead atoms. The van der Waals surface area contributed by atoms with Gasteiger partial charge in [0.25, 0.3) is 0 Å². The van der Waals surface area contributed by atoms with E-state index in [1.165, 1.54) is 25.2 Å². The van der Waals surface area contributed by atoms with Crippen molar-refractivity contribution in [3.8, 4) is 23.1 Å². The SMILES string of the molecule is CC(=O)Nc1ccc(NC=C(C#N)c2nc(-c3ccc(OC(C)=O)cc3)cs2)cc1. The molecule has 1 aromatic heterocycles. The molecule has 1 amide bonds. The number of hydrogen-bond donors (Lipinski definition) is 2. The second kappa shape index (κ2) is 9.49. The third-order valence-corrected chi connectivity index (χ3v) is 4.73. The van der Waals surface area contributed by atoms with Gasteiger partial charge in [-0.25, -0.2) is 4.98 Å². The number of nitriles is 1. The molecular weight excluding hydrogens is 400 g/mol. The zero-order valence-electron chi connectivity index (χ0n) is 16.3. The van der Waals surface area contributed by atoms with Gasteiger partial charge in [-0.15, -0.1) is 11.3 Å². The number of anilines is 2. The Morgan fingerprint density at radius 3 is 2.33 bits per heavy atom. The van der Waals surface area contributed by atoms with Gasteiger partial charge in [0, 0.05) is 42.4 Å². The lowest BCUT2D eigenvalue weighted by Gasteiger charge is -2.05. The zero-order valence-corrected chi connectivity index (χ0v) is 17.1. The van der Waals surface area contributed by atoms with Crippen LogP contribution in [0.1, 0.15) is 18.9 Å². The van der Waals surface area contributed by atoms with Crippen molar-refractivity contribution in [2.75, 3.05) is 10.6 Å². The molecule has 0 saturated carbocycles. The van der Waals surface area contributed by atoms with Crippen molar-refractivity contribution in [3.63, 3.8) is 0 Å². The lowest BCUT2D eigenvalue weighted by Crippen LogP contribution is -2.05. The molecule has 150 valence electrons. The number of nitrogens with one attached hydrogen (secondary N) is 2. The maximum absolute atomic E-state index is 11.1. The summed E-state index contributed by atoms with van der Waals surface area (Å²) in [6.45, 7) is 2.80. The van der Waals surface area contributed by atoms with Crippen molar-refractivity contribution >= 4 is 40.2 Å². The Labute approximate surface area is 177 Å². The molecule has 0 spiro atoms. The molecule has 0 unspecified atom stereocenters. The fourth-order valence-electron chi connectivity index (χ4n) is 2.54. The Morgan fingerprint density at radius 2 is 1.73 bits per heavy atom. The van der Waals surface area contributed by atoms with E-state index in [0.29, 0.717) is 22.0 Å². The van der Waals surface area contributed by atoms with Crippen LogP contribution in [0.25, 0.3) is 16.8 Å². The second-order valence-corrected chi connectivity index (χ2v) is 7.09. The van der Waals surface area contributed by atoms with Gasteiger partial charge in [-0.05, 0) is 48.5 Å². The first-order chi connectivity index (χ1) is 14.4. The molecule has 3 aromatic rings. The summed E-state index contributed by atoms with van der Waals surface area (Å²) in [6, 6.07) is 16.3. The maximum Gasteiger partial charge on any atom is 0.308 e. The molecule has 2 aromatic carbocycles. The van der Waals surface area contributed by atoms with Crippen LogP contribution in [0.5, 0.6) is 5.75 Å². The molecule has 0 aliphatic rings. The predicted molar refractivity (Wildman–Crippen MR) is 117 cm³/mol. The Hall–Kier alpha value is -3.96. The van der Waals surface area contributed by atoms with Gasteiger partial charge in [-0.1, -0.05) is 0 Å². The van der Waals surface area contributed by atoms with Gasteiger partial charge < -0.3 is 15.4 Å². The average Bonchev–Trinajstić information content (AvgIpc) is 3.19. The van der Waals surface area contributed by atoms with E-state index in [2.05, 4.69) is 21.7 Å². The van der Waals surface area contributed by atoms with Crippen LogP contribution in [0.2, 0.25) is 0 Å². The highest BCUT2D eigenvalue weighted by Gasteiger charge is 2.09. The number of hydrogen-bond acceptors (Lipinski definition) is 7. The van der Waals surface area contributed by atoms with Crippen molar-refractivity contribution in [1.29, 1.82) is 5.26 Å². The van der Waals surface area contributed by atoms with Crippen LogP contribution < -0.4 is 15.4 Å². The molecule has 0 aliphatic carbocycles. The topological polar surface area (TPSA) is 104 Å². The molecule has 0 fully saturated rings. The van der Waals surface area contributed by atoms with Crippen molar-refractivity contribution < 1.29 is 14.3 Å². The summed E-state index contributed by atoms with van der Waals surface area (Å²) in [5.74, 6) is -0.0456.